The fourth-order valence-corrected chi connectivity index (χ4v) is 2.97. The Morgan fingerprint density at radius 2 is 2.14 bits per heavy atom. The van der Waals surface area contributed by atoms with Crippen LogP contribution in [-0.4, -0.2) is 24.0 Å². The summed E-state index contributed by atoms with van der Waals surface area (Å²) >= 11 is 13.5. The molecule has 6 heteroatoms. The second-order valence-electron chi connectivity index (χ2n) is 4.35. The molecule has 0 aliphatic rings. The molecule has 3 nitrogen and oxygen atoms in total. The van der Waals surface area contributed by atoms with E-state index < -0.39 is 0 Å². The predicted molar refractivity (Wildman–Crippen MR) is 87.4 cm³/mol. The third kappa shape index (κ3) is 4.63. The molecule has 112 valence electrons. The van der Waals surface area contributed by atoms with E-state index in [1.807, 2.05) is 24.4 Å². The smallest absolute Gasteiger partial charge is 0.260 e. The lowest BCUT2D eigenvalue weighted by molar-refractivity contribution is -0.133. The van der Waals surface area contributed by atoms with Crippen LogP contribution in [0.3, 0.4) is 0 Å². The molecule has 0 atom stereocenters. The first-order chi connectivity index (χ1) is 10.1. The van der Waals surface area contributed by atoms with Crippen LogP contribution in [0.1, 0.15) is 11.8 Å². The van der Waals surface area contributed by atoms with Crippen LogP contribution in [0.15, 0.2) is 35.7 Å². The van der Waals surface area contributed by atoms with Crippen LogP contribution in [0.5, 0.6) is 5.75 Å². The second-order valence-corrected chi connectivity index (χ2v) is 6.23. The van der Waals surface area contributed by atoms with E-state index in [1.165, 1.54) is 0 Å². The van der Waals surface area contributed by atoms with Gasteiger partial charge in [-0.05, 0) is 36.6 Å². The number of benzene rings is 1. The van der Waals surface area contributed by atoms with Gasteiger partial charge in [0.15, 0.2) is 6.61 Å². The standard InChI is InChI=1S/C15H15Cl2NO2S/c1-2-18(9-12-4-3-7-21-12)15(19)10-20-14-6-5-11(16)8-13(14)17/h3-8H,2,9-10H2,1H3. The van der Waals surface area contributed by atoms with Crippen molar-refractivity contribution < 1.29 is 9.53 Å². The molecular formula is C15H15Cl2NO2S. The maximum absolute atomic E-state index is 12.2. The summed E-state index contributed by atoms with van der Waals surface area (Å²) < 4.78 is 5.48. The van der Waals surface area contributed by atoms with Gasteiger partial charge in [-0.2, -0.15) is 0 Å². The van der Waals surface area contributed by atoms with Crippen molar-refractivity contribution in [3.8, 4) is 5.75 Å². The Balaban J connectivity index is 1.93. The number of amides is 1. The normalized spacial score (nSPS) is 10.4. The molecule has 0 N–H and O–H groups in total. The highest BCUT2D eigenvalue weighted by molar-refractivity contribution is 7.09. The molecule has 1 aromatic heterocycles. The number of likely N-dealkylation sites (N-methyl/N-ethyl adjacent to an activating group) is 1. The highest BCUT2D eigenvalue weighted by Gasteiger charge is 2.14. The maximum atomic E-state index is 12.2. The minimum Gasteiger partial charge on any atom is -0.482 e. The minimum atomic E-state index is -0.0723. The molecule has 0 spiro atoms. The van der Waals surface area contributed by atoms with Gasteiger partial charge >= 0.3 is 0 Å². The molecule has 2 aromatic rings. The van der Waals surface area contributed by atoms with E-state index in [0.717, 1.165) is 4.88 Å². The quantitative estimate of drug-likeness (QED) is 0.773. The Morgan fingerprint density at radius 3 is 2.76 bits per heavy atom. The van der Waals surface area contributed by atoms with Crippen molar-refractivity contribution in [1.82, 2.24) is 4.90 Å². The van der Waals surface area contributed by atoms with Gasteiger partial charge in [-0.25, -0.2) is 0 Å². The molecule has 21 heavy (non-hydrogen) atoms. The molecule has 0 saturated carbocycles. The summed E-state index contributed by atoms with van der Waals surface area (Å²) in [4.78, 5) is 15.1. The van der Waals surface area contributed by atoms with Gasteiger partial charge in [-0.15, -0.1) is 11.3 Å². The van der Waals surface area contributed by atoms with Crippen LogP contribution < -0.4 is 4.74 Å². The van der Waals surface area contributed by atoms with Crippen molar-refractivity contribution in [3.63, 3.8) is 0 Å². The fourth-order valence-electron chi connectivity index (χ4n) is 1.79. The summed E-state index contributed by atoms with van der Waals surface area (Å²) in [6.07, 6.45) is 0. The van der Waals surface area contributed by atoms with Gasteiger partial charge in [0.1, 0.15) is 5.75 Å². The number of hydrogen-bond donors (Lipinski definition) is 0. The van der Waals surface area contributed by atoms with Crippen molar-refractivity contribution in [1.29, 1.82) is 0 Å². The first-order valence-electron chi connectivity index (χ1n) is 6.48. The molecule has 1 aromatic carbocycles. The molecular weight excluding hydrogens is 329 g/mol. The van der Waals surface area contributed by atoms with Gasteiger partial charge in [0.05, 0.1) is 11.6 Å². The monoisotopic (exact) mass is 343 g/mol. The molecule has 0 fully saturated rings. The SMILES string of the molecule is CCN(Cc1cccs1)C(=O)COc1ccc(Cl)cc1Cl. The summed E-state index contributed by atoms with van der Waals surface area (Å²) in [5.74, 6) is 0.388. The number of halogens is 2. The van der Waals surface area contributed by atoms with Crippen LogP contribution in [-0.2, 0) is 11.3 Å². The highest BCUT2D eigenvalue weighted by Crippen LogP contribution is 2.27. The van der Waals surface area contributed by atoms with Gasteiger partial charge in [-0.1, -0.05) is 29.3 Å². The van der Waals surface area contributed by atoms with E-state index in [2.05, 4.69) is 0 Å². The number of nitrogens with zero attached hydrogens (tertiary/aromatic N) is 1. The molecule has 2 rings (SSSR count). The van der Waals surface area contributed by atoms with E-state index in [1.54, 1.807) is 34.4 Å². The Kier molecular flexibility index (Phi) is 5.91. The number of hydrogen-bond acceptors (Lipinski definition) is 3. The van der Waals surface area contributed by atoms with Crippen molar-refractivity contribution in [2.24, 2.45) is 0 Å². The van der Waals surface area contributed by atoms with E-state index in [0.29, 0.717) is 28.9 Å². The van der Waals surface area contributed by atoms with E-state index in [-0.39, 0.29) is 12.5 Å². The molecule has 0 radical (unpaired) electrons. The van der Waals surface area contributed by atoms with E-state index in [9.17, 15) is 4.79 Å². The van der Waals surface area contributed by atoms with Gasteiger partial charge in [0, 0.05) is 16.4 Å². The maximum Gasteiger partial charge on any atom is 0.260 e. The number of thiophene rings is 1. The summed E-state index contributed by atoms with van der Waals surface area (Å²) in [6, 6.07) is 8.91. The second kappa shape index (κ2) is 7.69. The molecule has 0 unspecified atom stereocenters. The van der Waals surface area contributed by atoms with E-state index in [4.69, 9.17) is 27.9 Å². The lowest BCUT2D eigenvalue weighted by atomic mass is 10.3. The third-order valence-electron chi connectivity index (χ3n) is 2.91. The predicted octanol–water partition coefficient (Wildman–Crippen LogP) is 4.48. The van der Waals surface area contributed by atoms with Gasteiger partial charge in [-0.3, -0.25) is 4.79 Å². The summed E-state index contributed by atoms with van der Waals surface area (Å²) in [5, 5.41) is 2.93. The Hall–Kier alpha value is -1.23. The molecule has 1 heterocycles. The zero-order valence-corrected chi connectivity index (χ0v) is 13.8. The average molecular weight is 344 g/mol. The van der Waals surface area contributed by atoms with Crippen LogP contribution >= 0.6 is 34.5 Å². The van der Waals surface area contributed by atoms with Crippen molar-refractivity contribution in [3.05, 3.63) is 50.6 Å². The molecule has 0 aliphatic carbocycles. The topological polar surface area (TPSA) is 29.5 Å². The number of rotatable bonds is 6. The van der Waals surface area contributed by atoms with Crippen LogP contribution in [0.4, 0.5) is 0 Å². The molecule has 0 aliphatic heterocycles. The first kappa shape index (κ1) is 16.1. The number of carbonyl (C=O) groups is 1. The highest BCUT2D eigenvalue weighted by atomic mass is 35.5. The zero-order valence-electron chi connectivity index (χ0n) is 11.5. The largest absolute Gasteiger partial charge is 0.482 e. The minimum absolute atomic E-state index is 0.0411. The number of ether oxygens (including phenoxy) is 1. The molecule has 1 amide bonds. The zero-order chi connectivity index (χ0) is 15.2. The van der Waals surface area contributed by atoms with Crippen molar-refractivity contribution in [2.75, 3.05) is 13.2 Å². The van der Waals surface area contributed by atoms with Gasteiger partial charge < -0.3 is 9.64 Å². The first-order valence-corrected chi connectivity index (χ1v) is 8.11. The van der Waals surface area contributed by atoms with Gasteiger partial charge in [0.25, 0.3) is 5.91 Å². The Labute approximate surface area is 138 Å². The lowest BCUT2D eigenvalue weighted by Crippen LogP contribution is -2.34. The summed E-state index contributed by atoms with van der Waals surface area (Å²) in [6.45, 7) is 3.14. The van der Waals surface area contributed by atoms with E-state index >= 15 is 0 Å². The lowest BCUT2D eigenvalue weighted by Gasteiger charge is -2.20. The molecule has 0 saturated heterocycles. The Bertz CT molecular complexity index is 602. The van der Waals surface area contributed by atoms with Gasteiger partial charge in [0.2, 0.25) is 0 Å². The summed E-state index contributed by atoms with van der Waals surface area (Å²) in [7, 11) is 0. The fraction of sp³-hybridized carbons (Fsp3) is 0.267. The third-order valence-corrected chi connectivity index (χ3v) is 4.30. The number of carbonyl (C=O) groups excluding carboxylic acids is 1. The molecule has 0 bridgehead atoms. The van der Waals surface area contributed by atoms with Crippen LogP contribution in [0.2, 0.25) is 10.0 Å². The van der Waals surface area contributed by atoms with Crippen LogP contribution in [0.25, 0.3) is 0 Å². The van der Waals surface area contributed by atoms with Crippen LogP contribution in [0, 0.1) is 0 Å². The average Bonchev–Trinajstić information content (AvgIpc) is 2.96. The van der Waals surface area contributed by atoms with Crippen molar-refractivity contribution >= 4 is 40.4 Å². The summed E-state index contributed by atoms with van der Waals surface area (Å²) in [5.41, 5.74) is 0. The Morgan fingerprint density at radius 1 is 1.33 bits per heavy atom. The van der Waals surface area contributed by atoms with Crippen molar-refractivity contribution in [2.45, 2.75) is 13.5 Å².